The predicted molar refractivity (Wildman–Crippen MR) is 71.2 cm³/mol. The second-order valence-electron chi connectivity index (χ2n) is 3.92. The van der Waals surface area contributed by atoms with Crippen molar-refractivity contribution in [3.8, 4) is 11.5 Å². The third-order valence-electron chi connectivity index (χ3n) is 2.65. The standard InChI is InChI=1S/C13H11ClO4S/c14-8-9-7-12(5-6-13(9)16)19(17,18)11-3-1-10(15)2-4-11/h1-7,15-16H,8H2. The fourth-order valence-corrected chi connectivity index (χ4v) is 3.12. The molecule has 4 nitrogen and oxygen atoms in total. The maximum absolute atomic E-state index is 12.3. The molecule has 0 amide bonds. The minimum Gasteiger partial charge on any atom is -0.508 e. The fraction of sp³-hybridized carbons (Fsp3) is 0.0769. The minimum absolute atomic E-state index is 0.00824. The number of rotatable bonds is 3. The molecule has 2 N–H and O–H groups in total. The van der Waals surface area contributed by atoms with Crippen LogP contribution in [0.15, 0.2) is 52.3 Å². The Kier molecular flexibility index (Phi) is 3.68. The van der Waals surface area contributed by atoms with Crippen molar-refractivity contribution in [1.82, 2.24) is 0 Å². The third-order valence-corrected chi connectivity index (χ3v) is 4.71. The smallest absolute Gasteiger partial charge is 0.206 e. The molecule has 0 heterocycles. The van der Waals surface area contributed by atoms with Gasteiger partial charge in [-0.2, -0.15) is 0 Å². The van der Waals surface area contributed by atoms with Crippen molar-refractivity contribution in [3.05, 3.63) is 48.0 Å². The van der Waals surface area contributed by atoms with E-state index in [0.29, 0.717) is 5.56 Å². The van der Waals surface area contributed by atoms with Crippen molar-refractivity contribution < 1.29 is 18.6 Å². The molecule has 0 aromatic heterocycles. The van der Waals surface area contributed by atoms with Gasteiger partial charge < -0.3 is 10.2 Å². The maximum Gasteiger partial charge on any atom is 0.206 e. The molecule has 0 bridgehead atoms. The second kappa shape index (κ2) is 5.11. The first kappa shape index (κ1) is 13.7. The van der Waals surface area contributed by atoms with E-state index >= 15 is 0 Å². The van der Waals surface area contributed by atoms with Crippen molar-refractivity contribution in [2.24, 2.45) is 0 Å². The topological polar surface area (TPSA) is 74.6 Å². The molecule has 0 aliphatic heterocycles. The van der Waals surface area contributed by atoms with E-state index in [1.165, 1.54) is 42.5 Å². The van der Waals surface area contributed by atoms with Gasteiger partial charge in [0.2, 0.25) is 9.84 Å². The molecule has 0 saturated heterocycles. The number of hydrogen-bond donors (Lipinski definition) is 2. The molecule has 2 rings (SSSR count). The highest BCUT2D eigenvalue weighted by molar-refractivity contribution is 7.91. The summed E-state index contributed by atoms with van der Waals surface area (Å²) < 4.78 is 24.6. The Morgan fingerprint density at radius 1 is 0.947 bits per heavy atom. The number of phenols is 2. The number of benzene rings is 2. The van der Waals surface area contributed by atoms with E-state index in [9.17, 15) is 13.5 Å². The first-order chi connectivity index (χ1) is 8.95. The Morgan fingerprint density at radius 2 is 1.53 bits per heavy atom. The van der Waals surface area contributed by atoms with Crippen LogP contribution >= 0.6 is 11.6 Å². The van der Waals surface area contributed by atoms with Crippen molar-refractivity contribution in [1.29, 1.82) is 0 Å². The molecule has 2 aromatic carbocycles. The minimum atomic E-state index is -3.69. The molecule has 6 heteroatoms. The average Bonchev–Trinajstić information content (AvgIpc) is 2.39. The van der Waals surface area contributed by atoms with E-state index < -0.39 is 9.84 Å². The van der Waals surface area contributed by atoms with Crippen molar-refractivity contribution >= 4 is 21.4 Å². The molecular weight excluding hydrogens is 288 g/mol. The van der Waals surface area contributed by atoms with Gasteiger partial charge in [0.15, 0.2) is 0 Å². The lowest BCUT2D eigenvalue weighted by Gasteiger charge is -2.07. The summed E-state index contributed by atoms with van der Waals surface area (Å²) in [6.45, 7) is 0. The number of hydrogen-bond acceptors (Lipinski definition) is 4. The van der Waals surface area contributed by atoms with Crippen LogP contribution in [0.5, 0.6) is 11.5 Å². The monoisotopic (exact) mass is 298 g/mol. The molecule has 0 radical (unpaired) electrons. The van der Waals surface area contributed by atoms with Gasteiger partial charge in [0.05, 0.1) is 15.7 Å². The number of aromatic hydroxyl groups is 2. The lowest BCUT2D eigenvalue weighted by atomic mass is 10.2. The Labute approximate surface area is 115 Å². The van der Waals surface area contributed by atoms with Crippen molar-refractivity contribution in [2.45, 2.75) is 15.7 Å². The lowest BCUT2D eigenvalue weighted by Crippen LogP contribution is -2.02. The van der Waals surface area contributed by atoms with E-state index in [2.05, 4.69) is 0 Å². The van der Waals surface area contributed by atoms with Gasteiger partial charge in [0, 0.05) is 5.56 Å². The average molecular weight is 299 g/mol. The van der Waals surface area contributed by atoms with E-state index in [4.69, 9.17) is 16.7 Å². The van der Waals surface area contributed by atoms with Gasteiger partial charge in [-0.05, 0) is 42.5 Å². The van der Waals surface area contributed by atoms with Crippen LogP contribution in [0.2, 0.25) is 0 Å². The van der Waals surface area contributed by atoms with Gasteiger partial charge in [-0.1, -0.05) is 0 Å². The van der Waals surface area contributed by atoms with Crippen molar-refractivity contribution in [2.75, 3.05) is 0 Å². The van der Waals surface area contributed by atoms with Crippen LogP contribution in [-0.4, -0.2) is 18.6 Å². The Morgan fingerprint density at radius 3 is 2.11 bits per heavy atom. The Bertz CT molecular complexity index is 693. The number of alkyl halides is 1. The summed E-state index contributed by atoms with van der Waals surface area (Å²) in [5.74, 6) is -0.0316. The molecule has 19 heavy (non-hydrogen) atoms. The molecule has 0 fully saturated rings. The van der Waals surface area contributed by atoms with Crippen LogP contribution in [0, 0.1) is 0 Å². The highest BCUT2D eigenvalue weighted by atomic mass is 35.5. The van der Waals surface area contributed by atoms with Gasteiger partial charge in [0.25, 0.3) is 0 Å². The lowest BCUT2D eigenvalue weighted by molar-refractivity contribution is 0.470. The molecule has 0 unspecified atom stereocenters. The van der Waals surface area contributed by atoms with Crippen LogP contribution in [0.4, 0.5) is 0 Å². The highest BCUT2D eigenvalue weighted by Crippen LogP contribution is 2.27. The summed E-state index contributed by atoms with van der Waals surface area (Å²) in [7, 11) is -3.69. The van der Waals surface area contributed by atoms with Crippen molar-refractivity contribution in [3.63, 3.8) is 0 Å². The molecule has 0 spiro atoms. The SMILES string of the molecule is O=S(=O)(c1ccc(O)cc1)c1ccc(O)c(CCl)c1. The largest absolute Gasteiger partial charge is 0.508 e. The zero-order valence-corrected chi connectivity index (χ0v) is 11.3. The summed E-state index contributed by atoms with van der Waals surface area (Å²) in [6, 6.07) is 9.18. The van der Waals surface area contributed by atoms with E-state index in [-0.39, 0.29) is 27.2 Å². The second-order valence-corrected chi connectivity index (χ2v) is 6.14. The molecular formula is C13H11ClO4S. The van der Waals surface area contributed by atoms with E-state index in [1.54, 1.807) is 0 Å². The van der Waals surface area contributed by atoms with Gasteiger partial charge in [0.1, 0.15) is 11.5 Å². The van der Waals surface area contributed by atoms with Crippen LogP contribution in [-0.2, 0) is 15.7 Å². The maximum atomic E-state index is 12.3. The molecule has 100 valence electrons. The fourth-order valence-electron chi connectivity index (χ4n) is 1.60. The first-order valence-corrected chi connectivity index (χ1v) is 7.39. The number of halogens is 1. The summed E-state index contributed by atoms with van der Waals surface area (Å²) in [5.41, 5.74) is 0.349. The zero-order valence-electron chi connectivity index (χ0n) is 9.75. The first-order valence-electron chi connectivity index (χ1n) is 5.37. The third kappa shape index (κ3) is 2.67. The summed E-state index contributed by atoms with van der Waals surface area (Å²) in [5, 5.41) is 18.7. The zero-order chi connectivity index (χ0) is 14.0. The van der Waals surface area contributed by atoms with Crippen LogP contribution in [0.1, 0.15) is 5.56 Å². The normalized spacial score (nSPS) is 11.4. The molecule has 0 atom stereocenters. The molecule has 2 aromatic rings. The van der Waals surface area contributed by atoms with Gasteiger partial charge in [-0.3, -0.25) is 0 Å². The van der Waals surface area contributed by atoms with Gasteiger partial charge in [-0.25, -0.2) is 8.42 Å². The quantitative estimate of drug-likeness (QED) is 0.854. The highest BCUT2D eigenvalue weighted by Gasteiger charge is 2.18. The van der Waals surface area contributed by atoms with Gasteiger partial charge in [-0.15, -0.1) is 11.6 Å². The number of phenolic OH excluding ortho intramolecular Hbond substituents is 2. The Balaban J connectivity index is 2.53. The predicted octanol–water partition coefficient (Wildman–Crippen LogP) is 2.67. The molecule has 0 aliphatic carbocycles. The van der Waals surface area contributed by atoms with Gasteiger partial charge >= 0.3 is 0 Å². The number of sulfone groups is 1. The van der Waals surface area contributed by atoms with E-state index in [0.717, 1.165) is 0 Å². The van der Waals surface area contributed by atoms with E-state index in [1.807, 2.05) is 0 Å². The molecule has 0 aliphatic rings. The summed E-state index contributed by atoms with van der Waals surface area (Å²) in [6.07, 6.45) is 0. The van der Waals surface area contributed by atoms with Crippen LogP contribution in [0.25, 0.3) is 0 Å². The molecule has 0 saturated carbocycles. The summed E-state index contributed by atoms with van der Waals surface area (Å²) in [4.78, 5) is 0.114. The van der Waals surface area contributed by atoms with Crippen LogP contribution < -0.4 is 0 Å². The summed E-state index contributed by atoms with van der Waals surface area (Å²) >= 11 is 5.63. The van der Waals surface area contributed by atoms with Crippen LogP contribution in [0.3, 0.4) is 0 Å². The Hall–Kier alpha value is -1.72.